The smallest absolute Gasteiger partial charge is 0.177 e. The zero-order valence-corrected chi connectivity index (χ0v) is 8.82. The molecule has 3 unspecified atom stereocenters. The fourth-order valence-electron chi connectivity index (χ4n) is 4.02. The average molecular weight is 198 g/mol. The van der Waals surface area contributed by atoms with Crippen molar-refractivity contribution in [3.8, 4) is 0 Å². The van der Waals surface area contributed by atoms with Crippen LogP contribution in [-0.2, 0) is 9.47 Å². The molecule has 0 amide bonds. The fraction of sp³-hybridized carbons (Fsp3) is 1.00. The Bertz CT molecular complexity index is 255. The van der Waals surface area contributed by atoms with Crippen LogP contribution in [0.5, 0.6) is 0 Å². The summed E-state index contributed by atoms with van der Waals surface area (Å²) in [5, 5.41) is 9.89. The van der Waals surface area contributed by atoms with Gasteiger partial charge in [0.15, 0.2) is 5.79 Å². The summed E-state index contributed by atoms with van der Waals surface area (Å²) in [6, 6.07) is 0. The van der Waals surface area contributed by atoms with Crippen LogP contribution in [0.1, 0.15) is 26.7 Å². The normalized spacial score (nSPS) is 47.8. The van der Waals surface area contributed by atoms with Crippen molar-refractivity contribution in [1.29, 1.82) is 0 Å². The lowest BCUT2D eigenvalue weighted by atomic mass is 9.51. The molecule has 1 saturated heterocycles. The average Bonchev–Trinajstić information content (AvgIpc) is 2.69. The molecule has 3 nitrogen and oxygen atoms in total. The predicted molar refractivity (Wildman–Crippen MR) is 50.6 cm³/mol. The molecule has 3 heteroatoms. The third-order valence-corrected chi connectivity index (χ3v) is 4.56. The summed E-state index contributed by atoms with van der Waals surface area (Å²) in [7, 11) is 0. The van der Waals surface area contributed by atoms with Gasteiger partial charge in [0.05, 0.1) is 19.3 Å². The molecule has 3 rings (SSSR count). The molecular formula is C11H18O3. The Kier molecular flexibility index (Phi) is 1.64. The maximum Gasteiger partial charge on any atom is 0.177 e. The van der Waals surface area contributed by atoms with Crippen LogP contribution in [-0.4, -0.2) is 30.2 Å². The van der Waals surface area contributed by atoms with E-state index in [1.807, 2.05) is 0 Å². The molecule has 0 aromatic carbocycles. The van der Waals surface area contributed by atoms with Gasteiger partial charge in [-0.25, -0.2) is 0 Å². The summed E-state index contributed by atoms with van der Waals surface area (Å²) >= 11 is 0. The number of hydrogen-bond acceptors (Lipinski definition) is 3. The van der Waals surface area contributed by atoms with E-state index in [1.165, 1.54) is 0 Å². The first-order chi connectivity index (χ1) is 6.59. The zero-order valence-electron chi connectivity index (χ0n) is 8.82. The molecule has 1 heterocycles. The van der Waals surface area contributed by atoms with Crippen molar-refractivity contribution < 1.29 is 14.6 Å². The van der Waals surface area contributed by atoms with Gasteiger partial charge < -0.3 is 14.6 Å². The molecule has 2 aliphatic carbocycles. The SMILES string of the molecule is CC1(C)C2C(O)CCC2C12OCCO2. The van der Waals surface area contributed by atoms with Gasteiger partial charge in [0, 0.05) is 17.3 Å². The third kappa shape index (κ3) is 0.765. The minimum absolute atomic E-state index is 0.0237. The van der Waals surface area contributed by atoms with E-state index in [4.69, 9.17) is 9.47 Å². The van der Waals surface area contributed by atoms with Gasteiger partial charge in [0.1, 0.15) is 0 Å². The lowest BCUT2D eigenvalue weighted by Gasteiger charge is -2.62. The molecule has 3 aliphatic rings. The second kappa shape index (κ2) is 2.52. The monoisotopic (exact) mass is 198 g/mol. The highest BCUT2D eigenvalue weighted by Gasteiger charge is 2.73. The topological polar surface area (TPSA) is 38.7 Å². The van der Waals surface area contributed by atoms with Gasteiger partial charge in [0.25, 0.3) is 0 Å². The first-order valence-corrected chi connectivity index (χ1v) is 5.55. The molecule has 1 aliphatic heterocycles. The highest BCUT2D eigenvalue weighted by atomic mass is 16.7. The van der Waals surface area contributed by atoms with Crippen molar-refractivity contribution in [3.63, 3.8) is 0 Å². The second-order valence-electron chi connectivity index (χ2n) is 5.36. The van der Waals surface area contributed by atoms with E-state index in [1.54, 1.807) is 0 Å². The van der Waals surface area contributed by atoms with Crippen LogP contribution in [0.25, 0.3) is 0 Å². The Morgan fingerprint density at radius 3 is 2.43 bits per heavy atom. The molecule has 0 aromatic heterocycles. The minimum atomic E-state index is -0.366. The summed E-state index contributed by atoms with van der Waals surface area (Å²) in [4.78, 5) is 0. The molecule has 80 valence electrons. The van der Waals surface area contributed by atoms with Crippen molar-refractivity contribution in [1.82, 2.24) is 0 Å². The van der Waals surface area contributed by atoms with E-state index in [9.17, 15) is 5.11 Å². The highest BCUT2D eigenvalue weighted by Crippen LogP contribution is 2.67. The van der Waals surface area contributed by atoms with Gasteiger partial charge in [-0.1, -0.05) is 13.8 Å². The number of ether oxygens (including phenoxy) is 2. The predicted octanol–water partition coefficient (Wildman–Crippen LogP) is 1.16. The summed E-state index contributed by atoms with van der Waals surface area (Å²) in [5.41, 5.74) is -0.0237. The van der Waals surface area contributed by atoms with Crippen molar-refractivity contribution in [2.75, 3.05) is 13.2 Å². The first kappa shape index (κ1) is 9.13. The first-order valence-electron chi connectivity index (χ1n) is 5.55. The van der Waals surface area contributed by atoms with Crippen LogP contribution in [0, 0.1) is 17.3 Å². The Morgan fingerprint density at radius 1 is 1.14 bits per heavy atom. The number of fused-ring (bicyclic) bond motifs is 2. The van der Waals surface area contributed by atoms with E-state index in [0.717, 1.165) is 12.8 Å². The van der Waals surface area contributed by atoms with E-state index in [0.29, 0.717) is 25.0 Å². The summed E-state index contributed by atoms with van der Waals surface area (Å²) in [6.07, 6.45) is 1.82. The van der Waals surface area contributed by atoms with Gasteiger partial charge in [-0.15, -0.1) is 0 Å². The number of aliphatic hydroxyl groups is 1. The van der Waals surface area contributed by atoms with Gasteiger partial charge in [-0.05, 0) is 12.8 Å². The number of rotatable bonds is 0. The lowest BCUT2D eigenvalue weighted by Crippen LogP contribution is -2.69. The van der Waals surface area contributed by atoms with Gasteiger partial charge >= 0.3 is 0 Å². The van der Waals surface area contributed by atoms with E-state index in [-0.39, 0.29) is 17.3 Å². The molecular weight excluding hydrogens is 180 g/mol. The standard InChI is InChI=1S/C11H18O3/c1-10(2)9-7(3-4-8(9)12)11(10)13-5-6-14-11/h7-9,12H,3-6H2,1-2H3. The Balaban J connectivity index is 1.95. The molecule has 1 spiro atoms. The number of hydrogen-bond donors (Lipinski definition) is 1. The second-order valence-corrected chi connectivity index (χ2v) is 5.36. The fourth-order valence-corrected chi connectivity index (χ4v) is 4.02. The zero-order chi connectivity index (χ0) is 9.97. The van der Waals surface area contributed by atoms with Crippen LogP contribution >= 0.6 is 0 Å². The minimum Gasteiger partial charge on any atom is -0.393 e. The molecule has 0 bridgehead atoms. The largest absolute Gasteiger partial charge is 0.393 e. The van der Waals surface area contributed by atoms with Crippen molar-refractivity contribution >= 4 is 0 Å². The van der Waals surface area contributed by atoms with Gasteiger partial charge in [-0.2, -0.15) is 0 Å². The van der Waals surface area contributed by atoms with Crippen LogP contribution in [0.4, 0.5) is 0 Å². The maximum atomic E-state index is 9.89. The van der Waals surface area contributed by atoms with E-state index in [2.05, 4.69) is 13.8 Å². The molecule has 2 saturated carbocycles. The van der Waals surface area contributed by atoms with Crippen molar-refractivity contribution in [3.05, 3.63) is 0 Å². The van der Waals surface area contributed by atoms with Crippen molar-refractivity contribution in [2.24, 2.45) is 17.3 Å². The Labute approximate surface area is 84.4 Å². The van der Waals surface area contributed by atoms with Gasteiger partial charge in [-0.3, -0.25) is 0 Å². The van der Waals surface area contributed by atoms with Crippen LogP contribution in [0.2, 0.25) is 0 Å². The molecule has 1 N–H and O–H groups in total. The quantitative estimate of drug-likeness (QED) is 0.634. The molecule has 0 radical (unpaired) electrons. The highest BCUT2D eigenvalue weighted by molar-refractivity contribution is 5.16. The van der Waals surface area contributed by atoms with E-state index < -0.39 is 0 Å². The molecule has 14 heavy (non-hydrogen) atoms. The maximum absolute atomic E-state index is 9.89. The summed E-state index contributed by atoms with van der Waals surface area (Å²) < 4.78 is 11.6. The number of aliphatic hydroxyl groups excluding tert-OH is 1. The third-order valence-electron chi connectivity index (χ3n) is 4.56. The molecule has 3 fully saturated rings. The van der Waals surface area contributed by atoms with Crippen molar-refractivity contribution in [2.45, 2.75) is 38.6 Å². The van der Waals surface area contributed by atoms with Gasteiger partial charge in [0.2, 0.25) is 0 Å². The lowest BCUT2D eigenvalue weighted by molar-refractivity contribution is -0.358. The van der Waals surface area contributed by atoms with Crippen LogP contribution < -0.4 is 0 Å². The molecule has 3 atom stereocenters. The van der Waals surface area contributed by atoms with E-state index >= 15 is 0 Å². The summed E-state index contributed by atoms with van der Waals surface area (Å²) in [6.45, 7) is 5.74. The summed E-state index contributed by atoms with van der Waals surface area (Å²) in [5.74, 6) is 0.436. The Hall–Kier alpha value is -0.120. The van der Waals surface area contributed by atoms with Crippen LogP contribution in [0.3, 0.4) is 0 Å². The van der Waals surface area contributed by atoms with Crippen LogP contribution in [0.15, 0.2) is 0 Å². The Morgan fingerprint density at radius 2 is 1.79 bits per heavy atom. The molecule has 0 aromatic rings.